The number of fused-ring (bicyclic) bond motifs is 1. The quantitative estimate of drug-likeness (QED) is 0.375. The van der Waals surface area contributed by atoms with Crippen molar-refractivity contribution in [3.63, 3.8) is 0 Å². The molecule has 4 N–H and O–H groups in total. The van der Waals surface area contributed by atoms with Crippen LogP contribution in [-0.4, -0.2) is 34.6 Å². The largest absolute Gasteiger partial charge is 0.501 e. The highest BCUT2D eigenvalue weighted by molar-refractivity contribution is 7.93. The molecule has 0 fully saturated rings. The van der Waals surface area contributed by atoms with Crippen LogP contribution in [0.5, 0.6) is 5.75 Å². The maximum Gasteiger partial charge on any atom is 0.358 e. The summed E-state index contributed by atoms with van der Waals surface area (Å²) < 4.78 is 28.8. The van der Waals surface area contributed by atoms with Gasteiger partial charge in [-0.3, -0.25) is 9.52 Å². The average molecular weight is 437 g/mol. The average Bonchev–Trinajstić information content (AvgIpc) is 2.75. The first kappa shape index (κ1) is 20.1. The molecule has 0 unspecified atom stereocenters. The Bertz CT molecular complexity index is 1490. The third kappa shape index (κ3) is 3.71. The summed E-state index contributed by atoms with van der Waals surface area (Å²) in [4.78, 5) is 29.3. The number of carboxylic acid groups (broad SMARTS) is 1. The number of nitrogens with one attached hydrogen (secondary N) is 2. The molecular weight excluding hydrogens is 422 g/mol. The summed E-state index contributed by atoms with van der Waals surface area (Å²) >= 11 is 0. The van der Waals surface area contributed by atoms with Crippen molar-refractivity contribution >= 4 is 32.5 Å². The zero-order valence-electron chi connectivity index (χ0n) is 15.7. The zero-order valence-corrected chi connectivity index (χ0v) is 16.6. The molecule has 0 aliphatic heterocycles. The van der Waals surface area contributed by atoms with Crippen molar-refractivity contribution in [2.45, 2.75) is 4.90 Å². The number of aromatic amines is 1. The Kier molecular flexibility index (Phi) is 4.91. The van der Waals surface area contributed by atoms with Crippen LogP contribution in [0, 0.1) is 0 Å². The number of H-pyrrole nitrogens is 1. The molecule has 1 aromatic heterocycles. The van der Waals surface area contributed by atoms with Crippen LogP contribution in [0.2, 0.25) is 0 Å². The van der Waals surface area contributed by atoms with Gasteiger partial charge in [0.1, 0.15) is 5.82 Å². The van der Waals surface area contributed by atoms with Crippen molar-refractivity contribution in [1.82, 2.24) is 9.97 Å². The van der Waals surface area contributed by atoms with Crippen LogP contribution in [0.3, 0.4) is 0 Å². The van der Waals surface area contributed by atoms with Gasteiger partial charge in [-0.25, -0.2) is 18.2 Å². The molecule has 9 nitrogen and oxygen atoms in total. The lowest BCUT2D eigenvalue weighted by Crippen LogP contribution is -2.17. The van der Waals surface area contributed by atoms with Crippen molar-refractivity contribution in [2.24, 2.45) is 0 Å². The van der Waals surface area contributed by atoms with Crippen LogP contribution in [0.15, 0.2) is 76.4 Å². The van der Waals surface area contributed by atoms with Gasteiger partial charge >= 0.3 is 5.97 Å². The number of benzene rings is 3. The SMILES string of the molecule is O=C(O)c1nc(-c2ccccc2NS(=O)(=O)c2cccc3ccccc23)[nH]c(=O)c1O. The van der Waals surface area contributed by atoms with Crippen molar-refractivity contribution in [3.05, 3.63) is 82.8 Å². The van der Waals surface area contributed by atoms with E-state index in [2.05, 4.69) is 14.7 Å². The molecule has 156 valence electrons. The molecule has 0 aliphatic carbocycles. The van der Waals surface area contributed by atoms with E-state index >= 15 is 0 Å². The van der Waals surface area contributed by atoms with E-state index in [1.54, 1.807) is 48.5 Å². The molecule has 0 amide bonds. The maximum absolute atomic E-state index is 13.2. The zero-order chi connectivity index (χ0) is 22.2. The minimum Gasteiger partial charge on any atom is -0.501 e. The second kappa shape index (κ2) is 7.58. The summed E-state index contributed by atoms with van der Waals surface area (Å²) in [5.74, 6) is -2.85. The highest BCUT2D eigenvalue weighted by atomic mass is 32.2. The molecule has 0 spiro atoms. The number of rotatable bonds is 5. The van der Waals surface area contributed by atoms with E-state index in [0.717, 1.165) is 5.39 Å². The van der Waals surface area contributed by atoms with E-state index in [9.17, 15) is 28.2 Å². The summed E-state index contributed by atoms with van der Waals surface area (Å²) in [6.45, 7) is 0. The number of aromatic hydroxyl groups is 1. The number of para-hydroxylation sites is 1. The van der Waals surface area contributed by atoms with Crippen LogP contribution in [0.1, 0.15) is 10.5 Å². The molecule has 0 bridgehead atoms. The van der Waals surface area contributed by atoms with Crippen LogP contribution in [0.25, 0.3) is 22.2 Å². The summed E-state index contributed by atoms with van der Waals surface area (Å²) in [5, 5.41) is 20.1. The van der Waals surface area contributed by atoms with Crippen LogP contribution < -0.4 is 10.3 Å². The van der Waals surface area contributed by atoms with E-state index < -0.39 is 33.0 Å². The van der Waals surface area contributed by atoms with Gasteiger partial charge in [0.05, 0.1) is 10.6 Å². The highest BCUT2D eigenvalue weighted by Gasteiger charge is 2.22. The van der Waals surface area contributed by atoms with Crippen molar-refractivity contribution < 1.29 is 23.4 Å². The van der Waals surface area contributed by atoms with E-state index in [1.807, 2.05) is 0 Å². The Morgan fingerprint density at radius 1 is 0.968 bits per heavy atom. The number of hydrogen-bond acceptors (Lipinski definition) is 6. The Hall–Kier alpha value is -4.18. The first-order chi connectivity index (χ1) is 14.8. The molecule has 31 heavy (non-hydrogen) atoms. The lowest BCUT2D eigenvalue weighted by Gasteiger charge is -2.14. The molecule has 0 radical (unpaired) electrons. The molecule has 3 aromatic carbocycles. The standard InChI is InChI=1S/C21H15N3O6S/c25-18-17(21(27)28)22-19(23-20(18)26)14-9-3-4-10-15(14)24-31(29,30)16-11-5-7-12-6-1-2-8-13(12)16/h1-11,24-25H,(H,27,28)(H,22,23,26). The fraction of sp³-hybridized carbons (Fsp3) is 0. The molecule has 0 saturated heterocycles. The first-order valence-electron chi connectivity index (χ1n) is 8.94. The molecule has 0 atom stereocenters. The van der Waals surface area contributed by atoms with E-state index in [4.69, 9.17) is 0 Å². The maximum atomic E-state index is 13.2. The van der Waals surface area contributed by atoms with Crippen molar-refractivity contribution in [2.75, 3.05) is 4.72 Å². The molecular formula is C21H15N3O6S. The number of anilines is 1. The molecule has 0 saturated carbocycles. The second-order valence-electron chi connectivity index (χ2n) is 6.55. The number of nitrogens with zero attached hydrogens (tertiary/aromatic N) is 1. The Morgan fingerprint density at radius 3 is 2.42 bits per heavy atom. The predicted octanol–water partition coefficient (Wildman–Crippen LogP) is 2.79. The summed E-state index contributed by atoms with van der Waals surface area (Å²) in [5.41, 5.74) is -1.70. The van der Waals surface area contributed by atoms with Gasteiger partial charge in [0.15, 0.2) is 5.69 Å². The van der Waals surface area contributed by atoms with Gasteiger partial charge in [0, 0.05) is 10.9 Å². The Labute approximate surface area is 175 Å². The third-order valence-electron chi connectivity index (χ3n) is 4.56. The van der Waals surface area contributed by atoms with Crippen molar-refractivity contribution in [1.29, 1.82) is 0 Å². The lowest BCUT2D eigenvalue weighted by molar-refractivity contribution is 0.0686. The summed E-state index contributed by atoms with van der Waals surface area (Å²) in [6, 6.07) is 17.9. The third-order valence-corrected chi connectivity index (χ3v) is 5.99. The first-order valence-corrected chi connectivity index (χ1v) is 10.4. The topological polar surface area (TPSA) is 149 Å². The lowest BCUT2D eigenvalue weighted by atomic mass is 10.1. The number of sulfonamides is 1. The smallest absolute Gasteiger partial charge is 0.358 e. The van der Waals surface area contributed by atoms with E-state index in [-0.39, 0.29) is 22.0 Å². The number of aromatic nitrogens is 2. The van der Waals surface area contributed by atoms with E-state index in [1.165, 1.54) is 18.2 Å². The van der Waals surface area contributed by atoms with Gasteiger partial charge in [0.2, 0.25) is 5.75 Å². The number of carbonyl (C=O) groups is 1. The molecule has 10 heteroatoms. The second-order valence-corrected chi connectivity index (χ2v) is 8.20. The van der Waals surface area contributed by atoms with Gasteiger partial charge in [0.25, 0.3) is 15.6 Å². The fourth-order valence-electron chi connectivity index (χ4n) is 3.15. The minimum atomic E-state index is -4.05. The van der Waals surface area contributed by atoms with Crippen LogP contribution >= 0.6 is 0 Å². The van der Waals surface area contributed by atoms with Gasteiger partial charge in [-0.2, -0.15) is 0 Å². The summed E-state index contributed by atoms with van der Waals surface area (Å²) in [6.07, 6.45) is 0. The van der Waals surface area contributed by atoms with Gasteiger partial charge < -0.3 is 15.2 Å². The molecule has 4 aromatic rings. The molecule has 1 heterocycles. The van der Waals surface area contributed by atoms with Crippen molar-refractivity contribution in [3.8, 4) is 17.1 Å². The minimum absolute atomic E-state index is 0.0544. The summed E-state index contributed by atoms with van der Waals surface area (Å²) in [7, 11) is -4.05. The van der Waals surface area contributed by atoms with Gasteiger partial charge in [-0.15, -0.1) is 0 Å². The fourth-order valence-corrected chi connectivity index (χ4v) is 4.46. The Balaban J connectivity index is 1.84. The normalized spacial score (nSPS) is 11.4. The highest BCUT2D eigenvalue weighted by Crippen LogP contribution is 2.30. The number of carboxylic acids is 1. The van der Waals surface area contributed by atoms with Crippen LogP contribution in [0.4, 0.5) is 5.69 Å². The van der Waals surface area contributed by atoms with Gasteiger partial charge in [-0.1, -0.05) is 48.5 Å². The van der Waals surface area contributed by atoms with Gasteiger partial charge in [-0.05, 0) is 23.6 Å². The number of hydrogen-bond donors (Lipinski definition) is 4. The van der Waals surface area contributed by atoms with Crippen LogP contribution in [-0.2, 0) is 10.0 Å². The van der Waals surface area contributed by atoms with E-state index in [0.29, 0.717) is 5.39 Å². The predicted molar refractivity (Wildman–Crippen MR) is 114 cm³/mol. The molecule has 0 aliphatic rings. The number of aromatic carboxylic acids is 1. The monoisotopic (exact) mass is 437 g/mol. The molecule has 4 rings (SSSR count). The Morgan fingerprint density at radius 2 is 1.65 bits per heavy atom.